The molecule has 1 amide bonds. The summed E-state index contributed by atoms with van der Waals surface area (Å²) in [6.07, 6.45) is 1.38. The molecule has 0 unspecified atom stereocenters. The molecule has 2 aliphatic carbocycles. The minimum Gasteiger partial charge on any atom is -0.462 e. The highest BCUT2D eigenvalue weighted by molar-refractivity contribution is 5.93. The summed E-state index contributed by atoms with van der Waals surface area (Å²) in [4.78, 5) is 46.4. The summed E-state index contributed by atoms with van der Waals surface area (Å²) in [6, 6.07) is 5.46. The van der Waals surface area contributed by atoms with Gasteiger partial charge in [-0.05, 0) is 24.8 Å². The lowest BCUT2D eigenvalue weighted by Gasteiger charge is -2.22. The Morgan fingerprint density at radius 2 is 2.15 bits per heavy atom. The van der Waals surface area contributed by atoms with Gasteiger partial charge in [-0.15, -0.1) is 0 Å². The number of anilines is 1. The van der Waals surface area contributed by atoms with Crippen molar-refractivity contribution in [2.75, 3.05) is 11.9 Å². The maximum Gasteiger partial charge on any atom is 0.310 e. The normalized spacial score (nSPS) is 30.8. The number of fused-ring (bicyclic) bond motifs is 1. The third-order valence-corrected chi connectivity index (χ3v) is 5.44. The molecule has 2 bridgehead atoms. The number of carbonyl (C=O) groups excluding carboxylic acids is 3. The van der Waals surface area contributed by atoms with Gasteiger partial charge in [-0.25, -0.2) is 0 Å². The van der Waals surface area contributed by atoms with E-state index in [1.54, 1.807) is 0 Å². The topological polar surface area (TPSA) is 125 Å². The third-order valence-electron chi connectivity index (χ3n) is 5.44. The van der Waals surface area contributed by atoms with Crippen molar-refractivity contribution in [2.45, 2.75) is 18.9 Å². The Balaban J connectivity index is 1.34. The van der Waals surface area contributed by atoms with Crippen molar-refractivity contribution in [3.63, 3.8) is 0 Å². The van der Waals surface area contributed by atoms with Gasteiger partial charge in [0, 0.05) is 23.7 Å². The van der Waals surface area contributed by atoms with Crippen LogP contribution in [0.25, 0.3) is 0 Å². The molecule has 9 heteroatoms. The van der Waals surface area contributed by atoms with E-state index in [-0.39, 0.29) is 35.3 Å². The first kappa shape index (κ1) is 16.5. The zero-order valence-electron chi connectivity index (χ0n) is 13.6. The predicted molar refractivity (Wildman–Crippen MR) is 85.8 cm³/mol. The monoisotopic (exact) mass is 360 g/mol. The number of ether oxygens (including phenoxy) is 2. The molecule has 0 aromatic heterocycles. The summed E-state index contributed by atoms with van der Waals surface area (Å²) in [5.74, 6) is -2.36. The number of rotatable bonds is 5. The lowest BCUT2D eigenvalue weighted by atomic mass is 9.80. The fourth-order valence-electron chi connectivity index (χ4n) is 4.45. The quantitative estimate of drug-likeness (QED) is 0.476. The van der Waals surface area contributed by atoms with Crippen LogP contribution in [-0.4, -0.2) is 35.5 Å². The summed E-state index contributed by atoms with van der Waals surface area (Å²) in [5, 5.41) is 13.2. The van der Waals surface area contributed by atoms with E-state index in [0.717, 1.165) is 6.42 Å². The number of non-ortho nitro benzene ring substituents is 1. The van der Waals surface area contributed by atoms with Crippen LogP contribution in [-0.2, 0) is 23.9 Å². The van der Waals surface area contributed by atoms with Crippen LogP contribution in [0.5, 0.6) is 0 Å². The maximum atomic E-state index is 12.4. The Bertz CT molecular complexity index is 806. The number of hydrogen-bond acceptors (Lipinski definition) is 7. The average Bonchev–Trinajstić information content (AvgIpc) is 3.22. The fraction of sp³-hybridized carbons (Fsp3) is 0.471. The lowest BCUT2D eigenvalue weighted by Crippen LogP contribution is -2.34. The number of nitrogens with zero attached hydrogens (tertiary/aromatic N) is 1. The zero-order valence-corrected chi connectivity index (χ0v) is 13.6. The largest absolute Gasteiger partial charge is 0.462 e. The van der Waals surface area contributed by atoms with Crippen LogP contribution in [0, 0.1) is 33.8 Å². The van der Waals surface area contributed by atoms with Crippen LogP contribution in [0.15, 0.2) is 24.3 Å². The molecule has 1 aromatic carbocycles. The van der Waals surface area contributed by atoms with Crippen LogP contribution in [0.1, 0.15) is 12.8 Å². The first-order valence-electron chi connectivity index (χ1n) is 8.35. The van der Waals surface area contributed by atoms with Gasteiger partial charge < -0.3 is 14.8 Å². The van der Waals surface area contributed by atoms with Gasteiger partial charge in [0.15, 0.2) is 6.61 Å². The van der Waals surface area contributed by atoms with E-state index in [4.69, 9.17) is 9.47 Å². The van der Waals surface area contributed by atoms with Gasteiger partial charge in [-0.1, -0.05) is 6.07 Å². The second kappa shape index (κ2) is 6.08. The number of amides is 1. The van der Waals surface area contributed by atoms with Crippen molar-refractivity contribution >= 4 is 29.2 Å². The van der Waals surface area contributed by atoms with Crippen molar-refractivity contribution in [1.29, 1.82) is 0 Å². The SMILES string of the molecule is O=C(COC(=O)[C@@H]1[C@@H]2C[C@@H]3[C@H]1C(=O)O[C@H]3C2)Nc1cccc([N+](=O)[O-])c1. The molecule has 1 aliphatic heterocycles. The molecular formula is C17H16N2O7. The van der Waals surface area contributed by atoms with Gasteiger partial charge in [-0.2, -0.15) is 0 Å². The third kappa shape index (κ3) is 2.69. The summed E-state index contributed by atoms with van der Waals surface area (Å²) >= 11 is 0. The molecular weight excluding hydrogens is 344 g/mol. The number of carbonyl (C=O) groups is 3. The Labute approximate surface area is 147 Å². The molecule has 136 valence electrons. The van der Waals surface area contributed by atoms with E-state index in [0.29, 0.717) is 6.42 Å². The second-order valence-corrected chi connectivity index (χ2v) is 6.89. The van der Waals surface area contributed by atoms with E-state index >= 15 is 0 Å². The number of benzene rings is 1. The van der Waals surface area contributed by atoms with E-state index < -0.39 is 35.2 Å². The Morgan fingerprint density at radius 1 is 1.35 bits per heavy atom. The molecule has 5 atom stereocenters. The molecule has 3 fully saturated rings. The highest BCUT2D eigenvalue weighted by Crippen LogP contribution is 2.57. The second-order valence-electron chi connectivity index (χ2n) is 6.89. The zero-order chi connectivity index (χ0) is 18.4. The maximum absolute atomic E-state index is 12.4. The molecule has 1 heterocycles. The van der Waals surface area contributed by atoms with Crippen LogP contribution in [0.4, 0.5) is 11.4 Å². The molecule has 3 aliphatic rings. The van der Waals surface area contributed by atoms with Crippen LogP contribution in [0.2, 0.25) is 0 Å². The van der Waals surface area contributed by atoms with Crippen molar-refractivity contribution in [1.82, 2.24) is 0 Å². The highest BCUT2D eigenvalue weighted by Gasteiger charge is 2.64. The minimum atomic E-state index is -0.603. The molecule has 1 N–H and O–H groups in total. The van der Waals surface area contributed by atoms with Crippen molar-refractivity contribution in [2.24, 2.45) is 23.7 Å². The summed E-state index contributed by atoms with van der Waals surface area (Å²) in [6.45, 7) is -0.513. The minimum absolute atomic E-state index is 0.0637. The van der Waals surface area contributed by atoms with Gasteiger partial charge in [0.2, 0.25) is 0 Å². The molecule has 9 nitrogen and oxygen atoms in total. The molecule has 1 aromatic rings. The Kier molecular flexibility index (Phi) is 3.86. The lowest BCUT2D eigenvalue weighted by molar-refractivity contribution is -0.384. The molecule has 0 spiro atoms. The highest BCUT2D eigenvalue weighted by atomic mass is 16.6. The van der Waals surface area contributed by atoms with E-state index in [9.17, 15) is 24.5 Å². The number of nitro groups is 1. The van der Waals surface area contributed by atoms with E-state index in [1.165, 1.54) is 24.3 Å². The predicted octanol–water partition coefficient (Wildman–Crippen LogP) is 1.27. The van der Waals surface area contributed by atoms with E-state index in [2.05, 4.69) is 5.32 Å². The average molecular weight is 360 g/mol. The molecule has 0 radical (unpaired) electrons. The van der Waals surface area contributed by atoms with Crippen LogP contribution < -0.4 is 5.32 Å². The number of nitro benzene ring substituents is 1. The summed E-state index contributed by atoms with van der Waals surface area (Å²) < 4.78 is 10.4. The van der Waals surface area contributed by atoms with Gasteiger partial charge in [0.25, 0.3) is 11.6 Å². The smallest absolute Gasteiger partial charge is 0.310 e. The molecule has 4 rings (SSSR count). The first-order valence-corrected chi connectivity index (χ1v) is 8.35. The van der Waals surface area contributed by atoms with Gasteiger partial charge in [0.1, 0.15) is 6.10 Å². The standard InChI is InChI=1S/C17H16N2O7/c20-13(18-9-2-1-3-10(6-9)19(23)24)7-25-16(21)14-8-4-11-12(5-8)26-17(22)15(11)14/h1-3,6,8,11-12,14-15H,4-5,7H2,(H,18,20)/t8-,11+,12+,14-,15-/m1/s1. The van der Waals surface area contributed by atoms with Gasteiger partial charge in [-0.3, -0.25) is 24.5 Å². The van der Waals surface area contributed by atoms with E-state index in [1.807, 2.05) is 0 Å². The summed E-state index contributed by atoms with van der Waals surface area (Å²) in [5.41, 5.74) is 0.0819. The Hall–Kier alpha value is -2.97. The number of nitrogens with one attached hydrogen (secondary N) is 1. The molecule has 2 saturated carbocycles. The fourth-order valence-corrected chi connectivity index (χ4v) is 4.45. The molecule has 26 heavy (non-hydrogen) atoms. The van der Waals surface area contributed by atoms with Crippen molar-refractivity contribution in [3.05, 3.63) is 34.4 Å². The van der Waals surface area contributed by atoms with Crippen molar-refractivity contribution in [3.8, 4) is 0 Å². The van der Waals surface area contributed by atoms with Crippen LogP contribution >= 0.6 is 0 Å². The van der Waals surface area contributed by atoms with Gasteiger partial charge >= 0.3 is 11.9 Å². The van der Waals surface area contributed by atoms with Gasteiger partial charge in [0.05, 0.1) is 16.8 Å². The molecule has 1 saturated heterocycles. The number of esters is 2. The van der Waals surface area contributed by atoms with Crippen molar-refractivity contribution < 1.29 is 28.8 Å². The summed E-state index contributed by atoms with van der Waals surface area (Å²) in [7, 11) is 0. The van der Waals surface area contributed by atoms with Crippen LogP contribution in [0.3, 0.4) is 0 Å². The Morgan fingerprint density at radius 3 is 2.92 bits per heavy atom. The first-order chi connectivity index (χ1) is 12.4. The number of hydrogen-bond donors (Lipinski definition) is 1.